The third-order valence-corrected chi connectivity index (χ3v) is 4.20. The van der Waals surface area contributed by atoms with E-state index in [0.29, 0.717) is 11.7 Å². The van der Waals surface area contributed by atoms with Gasteiger partial charge in [0.05, 0.1) is 11.0 Å². The molecule has 0 aliphatic heterocycles. The minimum atomic E-state index is -0.289. The van der Waals surface area contributed by atoms with Gasteiger partial charge in [0.2, 0.25) is 11.0 Å². The number of nitrogens with zero attached hydrogens (tertiary/aromatic N) is 4. The summed E-state index contributed by atoms with van der Waals surface area (Å²) < 4.78 is 3.20. The van der Waals surface area contributed by atoms with Crippen LogP contribution in [0.4, 0.5) is 5.13 Å². The molecular formula is C15H17N5O2S. The molecule has 0 spiro atoms. The standard InChI is InChI=1S/C15H17N5O2S/c1-3-8-19-11-6-4-5-7-12(11)20(15(19)22)9-13(21)16-14-18-17-10(2)23-14/h4-7H,3,8-9H2,1-2H3,(H,16,18,21). The quantitative estimate of drug-likeness (QED) is 0.775. The smallest absolute Gasteiger partial charge is 0.299 e. The number of para-hydroxylation sites is 2. The molecular weight excluding hydrogens is 314 g/mol. The van der Waals surface area contributed by atoms with Crippen molar-refractivity contribution in [3.63, 3.8) is 0 Å². The van der Waals surface area contributed by atoms with Crippen molar-refractivity contribution in [2.75, 3.05) is 5.32 Å². The molecule has 0 unspecified atom stereocenters. The molecule has 0 radical (unpaired) electrons. The second kappa shape index (κ2) is 6.33. The van der Waals surface area contributed by atoms with E-state index in [0.717, 1.165) is 22.5 Å². The fraction of sp³-hybridized carbons (Fsp3) is 0.333. The lowest BCUT2D eigenvalue weighted by atomic mass is 10.3. The van der Waals surface area contributed by atoms with Gasteiger partial charge in [-0.1, -0.05) is 30.4 Å². The number of benzene rings is 1. The Kier molecular flexibility index (Phi) is 4.24. The normalized spacial score (nSPS) is 11.0. The number of nitrogens with one attached hydrogen (secondary N) is 1. The first-order valence-corrected chi connectivity index (χ1v) is 8.20. The number of rotatable bonds is 5. The minimum Gasteiger partial charge on any atom is -0.299 e. The van der Waals surface area contributed by atoms with Crippen LogP contribution in [0.5, 0.6) is 0 Å². The van der Waals surface area contributed by atoms with E-state index < -0.39 is 0 Å². The number of carbonyl (C=O) groups is 1. The zero-order valence-electron chi connectivity index (χ0n) is 12.9. The topological polar surface area (TPSA) is 81.8 Å². The Balaban J connectivity index is 1.92. The van der Waals surface area contributed by atoms with Crippen molar-refractivity contribution in [1.82, 2.24) is 19.3 Å². The summed E-state index contributed by atoms with van der Waals surface area (Å²) in [5, 5.41) is 11.6. The van der Waals surface area contributed by atoms with Crippen LogP contribution in [0.1, 0.15) is 18.4 Å². The van der Waals surface area contributed by atoms with Crippen LogP contribution in [-0.2, 0) is 17.9 Å². The van der Waals surface area contributed by atoms with Crippen LogP contribution in [0.2, 0.25) is 0 Å². The summed E-state index contributed by atoms with van der Waals surface area (Å²) >= 11 is 1.30. The maximum atomic E-state index is 12.6. The van der Waals surface area contributed by atoms with Gasteiger partial charge in [-0.3, -0.25) is 19.2 Å². The molecule has 3 rings (SSSR count). The predicted octanol–water partition coefficient (Wildman–Crippen LogP) is 2.01. The third kappa shape index (κ3) is 3.02. The van der Waals surface area contributed by atoms with Crippen molar-refractivity contribution < 1.29 is 4.79 Å². The Bertz CT molecular complexity index is 908. The van der Waals surface area contributed by atoms with Crippen LogP contribution in [0, 0.1) is 6.92 Å². The van der Waals surface area contributed by atoms with Crippen LogP contribution >= 0.6 is 11.3 Å². The molecule has 0 atom stereocenters. The Morgan fingerprint density at radius 1 is 1.22 bits per heavy atom. The van der Waals surface area contributed by atoms with Gasteiger partial charge in [-0.05, 0) is 25.5 Å². The second-order valence-electron chi connectivity index (χ2n) is 5.18. The molecule has 1 N–H and O–H groups in total. The van der Waals surface area contributed by atoms with E-state index in [9.17, 15) is 9.59 Å². The lowest BCUT2D eigenvalue weighted by Crippen LogP contribution is -2.29. The first-order valence-electron chi connectivity index (χ1n) is 7.38. The van der Waals surface area contributed by atoms with Gasteiger partial charge in [-0.15, -0.1) is 10.2 Å². The van der Waals surface area contributed by atoms with Crippen molar-refractivity contribution in [3.05, 3.63) is 39.8 Å². The Hall–Kier alpha value is -2.48. The number of hydrogen-bond acceptors (Lipinski definition) is 5. The number of aryl methyl sites for hydroxylation is 2. The van der Waals surface area contributed by atoms with Crippen molar-refractivity contribution in [3.8, 4) is 0 Å². The largest absolute Gasteiger partial charge is 0.329 e. The highest BCUT2D eigenvalue weighted by atomic mass is 32.1. The van der Waals surface area contributed by atoms with Gasteiger partial charge in [-0.2, -0.15) is 0 Å². The summed E-state index contributed by atoms with van der Waals surface area (Å²) in [6.07, 6.45) is 0.851. The molecule has 3 aromatic rings. The fourth-order valence-corrected chi connectivity index (χ4v) is 3.12. The van der Waals surface area contributed by atoms with Crippen molar-refractivity contribution in [2.45, 2.75) is 33.4 Å². The summed E-state index contributed by atoms with van der Waals surface area (Å²) in [5.74, 6) is -0.289. The number of imidazole rings is 1. The Morgan fingerprint density at radius 3 is 2.52 bits per heavy atom. The molecule has 2 aromatic heterocycles. The molecule has 0 aliphatic carbocycles. The molecule has 0 saturated carbocycles. The number of anilines is 1. The van der Waals surface area contributed by atoms with Gasteiger partial charge in [0.15, 0.2) is 0 Å². The van der Waals surface area contributed by atoms with Gasteiger partial charge in [-0.25, -0.2) is 4.79 Å². The van der Waals surface area contributed by atoms with Crippen molar-refractivity contribution in [1.29, 1.82) is 0 Å². The highest BCUT2D eigenvalue weighted by Gasteiger charge is 2.15. The maximum absolute atomic E-state index is 12.6. The Labute approximate surface area is 136 Å². The van der Waals surface area contributed by atoms with E-state index >= 15 is 0 Å². The monoisotopic (exact) mass is 331 g/mol. The summed E-state index contributed by atoms with van der Waals surface area (Å²) in [6.45, 7) is 4.41. The van der Waals surface area contributed by atoms with E-state index in [4.69, 9.17) is 0 Å². The van der Waals surface area contributed by atoms with Crippen LogP contribution in [0.3, 0.4) is 0 Å². The second-order valence-corrected chi connectivity index (χ2v) is 6.37. The molecule has 1 aromatic carbocycles. The summed E-state index contributed by atoms with van der Waals surface area (Å²) in [5.41, 5.74) is 1.44. The minimum absolute atomic E-state index is 0.0469. The van der Waals surface area contributed by atoms with Crippen LogP contribution in [-0.4, -0.2) is 25.2 Å². The summed E-state index contributed by atoms with van der Waals surface area (Å²) in [4.78, 5) is 24.8. The first kappa shape index (κ1) is 15.4. The number of carbonyl (C=O) groups excluding carboxylic acids is 1. The average molecular weight is 331 g/mol. The summed E-state index contributed by atoms with van der Waals surface area (Å²) in [6, 6.07) is 7.50. The highest BCUT2D eigenvalue weighted by molar-refractivity contribution is 7.15. The molecule has 23 heavy (non-hydrogen) atoms. The van der Waals surface area contributed by atoms with E-state index in [2.05, 4.69) is 15.5 Å². The number of hydrogen-bond donors (Lipinski definition) is 1. The zero-order chi connectivity index (χ0) is 16.4. The molecule has 2 heterocycles. The number of fused-ring (bicyclic) bond motifs is 1. The van der Waals surface area contributed by atoms with Gasteiger partial charge in [0.1, 0.15) is 11.6 Å². The van der Waals surface area contributed by atoms with Gasteiger partial charge in [0, 0.05) is 6.54 Å². The molecule has 0 fully saturated rings. The van der Waals surface area contributed by atoms with Crippen molar-refractivity contribution >= 4 is 33.4 Å². The van der Waals surface area contributed by atoms with Gasteiger partial charge >= 0.3 is 5.69 Å². The molecule has 1 amide bonds. The summed E-state index contributed by atoms with van der Waals surface area (Å²) in [7, 11) is 0. The lowest BCUT2D eigenvalue weighted by molar-refractivity contribution is -0.116. The SMILES string of the molecule is CCCn1c(=O)n(CC(=O)Nc2nnc(C)s2)c2ccccc21. The van der Waals surface area contributed by atoms with Gasteiger partial charge in [0.25, 0.3) is 0 Å². The molecule has 8 heteroatoms. The molecule has 0 bridgehead atoms. The van der Waals surface area contributed by atoms with Crippen LogP contribution < -0.4 is 11.0 Å². The highest BCUT2D eigenvalue weighted by Crippen LogP contribution is 2.15. The Morgan fingerprint density at radius 2 is 1.91 bits per heavy atom. The molecule has 120 valence electrons. The van der Waals surface area contributed by atoms with E-state index in [1.54, 1.807) is 4.57 Å². The number of aromatic nitrogens is 4. The van der Waals surface area contributed by atoms with E-state index in [1.165, 1.54) is 15.9 Å². The average Bonchev–Trinajstić information content (AvgIpc) is 3.04. The van der Waals surface area contributed by atoms with Crippen molar-refractivity contribution in [2.24, 2.45) is 0 Å². The van der Waals surface area contributed by atoms with Crippen LogP contribution in [0.15, 0.2) is 29.1 Å². The van der Waals surface area contributed by atoms with E-state index in [1.807, 2.05) is 38.1 Å². The fourth-order valence-electron chi connectivity index (χ4n) is 2.51. The molecule has 0 saturated heterocycles. The molecule has 0 aliphatic rings. The lowest BCUT2D eigenvalue weighted by Gasteiger charge is -2.03. The predicted molar refractivity (Wildman–Crippen MR) is 89.8 cm³/mol. The van der Waals surface area contributed by atoms with Gasteiger partial charge < -0.3 is 0 Å². The molecule has 7 nitrogen and oxygen atoms in total. The number of amides is 1. The van der Waals surface area contributed by atoms with Crippen LogP contribution in [0.25, 0.3) is 11.0 Å². The maximum Gasteiger partial charge on any atom is 0.329 e. The first-order chi connectivity index (χ1) is 11.1. The van der Waals surface area contributed by atoms with E-state index in [-0.39, 0.29) is 18.1 Å². The third-order valence-electron chi connectivity index (χ3n) is 3.45. The zero-order valence-corrected chi connectivity index (χ0v) is 13.8.